The van der Waals surface area contributed by atoms with Crippen LogP contribution < -0.4 is 0 Å². The number of hydrogen-bond donors (Lipinski definition) is 0. The van der Waals surface area contributed by atoms with Gasteiger partial charge in [0, 0.05) is 44.6 Å². The average Bonchev–Trinajstić information content (AvgIpc) is 3.32. The maximum Gasteiger partial charge on any atom is 0.233 e. The number of piperazine rings is 1. The second-order valence-electron chi connectivity index (χ2n) is 7.32. The van der Waals surface area contributed by atoms with Gasteiger partial charge < -0.3 is 4.90 Å². The maximum atomic E-state index is 13.5. The van der Waals surface area contributed by atoms with Gasteiger partial charge >= 0.3 is 0 Å². The number of carbonyl (C=O) groups is 1. The van der Waals surface area contributed by atoms with Gasteiger partial charge in [0.05, 0.1) is 22.9 Å². The number of nitrogens with zero attached hydrogens (tertiary/aromatic N) is 4. The van der Waals surface area contributed by atoms with E-state index in [1.54, 1.807) is 29.1 Å². The Morgan fingerprint density at radius 1 is 1.24 bits per heavy atom. The summed E-state index contributed by atoms with van der Waals surface area (Å²) in [7, 11) is -2.90. The summed E-state index contributed by atoms with van der Waals surface area (Å²) in [6.07, 6.45) is 4.07. The fraction of sp³-hybridized carbons (Fsp3) is 0.474. The highest BCUT2D eigenvalue weighted by atomic mass is 32.2. The van der Waals surface area contributed by atoms with Crippen LogP contribution in [-0.2, 0) is 14.6 Å². The molecule has 1 amide bonds. The fourth-order valence-corrected chi connectivity index (χ4v) is 6.47. The largest absolute Gasteiger partial charge is 0.339 e. The third kappa shape index (κ3) is 4.81. The predicted molar refractivity (Wildman–Crippen MR) is 109 cm³/mol. The van der Waals surface area contributed by atoms with E-state index >= 15 is 0 Å². The van der Waals surface area contributed by atoms with Crippen molar-refractivity contribution in [2.45, 2.75) is 17.6 Å². The Bertz CT molecular complexity index is 987. The van der Waals surface area contributed by atoms with Crippen molar-refractivity contribution in [2.75, 3.05) is 43.4 Å². The first-order valence-corrected chi connectivity index (χ1v) is 12.4. The quantitative estimate of drug-likeness (QED) is 0.658. The van der Waals surface area contributed by atoms with Crippen molar-refractivity contribution in [2.24, 2.45) is 0 Å². The molecule has 0 aliphatic carbocycles. The van der Waals surface area contributed by atoms with Crippen LogP contribution in [0, 0.1) is 5.82 Å². The molecular weight excluding hydrogens is 415 g/mol. The molecule has 2 aliphatic heterocycles. The van der Waals surface area contributed by atoms with Crippen LogP contribution in [0.1, 0.15) is 6.42 Å². The first kappa shape index (κ1) is 20.4. The van der Waals surface area contributed by atoms with Crippen LogP contribution in [0.25, 0.3) is 5.69 Å². The molecule has 0 radical (unpaired) electrons. The normalized spacial score (nSPS) is 22.1. The highest BCUT2D eigenvalue weighted by Crippen LogP contribution is 2.23. The molecule has 0 N–H and O–H groups in total. The van der Waals surface area contributed by atoms with E-state index in [9.17, 15) is 17.6 Å². The van der Waals surface area contributed by atoms with Crippen LogP contribution in [0.2, 0.25) is 0 Å². The Kier molecular flexibility index (Phi) is 5.93. The third-order valence-corrected chi connectivity index (χ3v) is 8.11. The maximum absolute atomic E-state index is 13.5. The summed E-state index contributed by atoms with van der Waals surface area (Å²) in [5.41, 5.74) is 0.664. The number of halogens is 1. The molecule has 1 aromatic heterocycles. The second kappa shape index (κ2) is 8.45. The molecule has 2 aliphatic rings. The minimum Gasteiger partial charge on any atom is -0.339 e. The first-order valence-electron chi connectivity index (χ1n) is 9.56. The van der Waals surface area contributed by atoms with Crippen molar-refractivity contribution in [3.8, 4) is 5.69 Å². The Balaban J connectivity index is 1.30. The lowest BCUT2D eigenvalue weighted by atomic mass is 10.2. The van der Waals surface area contributed by atoms with Gasteiger partial charge in [-0.05, 0) is 24.6 Å². The van der Waals surface area contributed by atoms with Crippen LogP contribution in [-0.4, -0.2) is 83.2 Å². The Hall–Kier alpha value is -1.91. The summed E-state index contributed by atoms with van der Waals surface area (Å²) in [6, 6.07) is 6.33. The summed E-state index contributed by atoms with van der Waals surface area (Å²) < 4.78 is 38.6. The summed E-state index contributed by atoms with van der Waals surface area (Å²) in [4.78, 5) is 20.9. The van der Waals surface area contributed by atoms with Gasteiger partial charge in [-0.25, -0.2) is 17.8 Å². The van der Waals surface area contributed by atoms with E-state index in [-0.39, 0.29) is 35.0 Å². The first-order chi connectivity index (χ1) is 13.9. The number of rotatable bonds is 5. The molecule has 0 bridgehead atoms. The van der Waals surface area contributed by atoms with Gasteiger partial charge in [-0.1, -0.05) is 17.8 Å². The number of imidazole rings is 1. The minimum atomic E-state index is -2.90. The van der Waals surface area contributed by atoms with Gasteiger partial charge in [-0.15, -0.1) is 0 Å². The van der Waals surface area contributed by atoms with Crippen LogP contribution in [0.3, 0.4) is 0 Å². The van der Waals surface area contributed by atoms with Gasteiger partial charge in [0.1, 0.15) is 5.82 Å². The fourth-order valence-electron chi connectivity index (χ4n) is 3.84. The molecule has 29 heavy (non-hydrogen) atoms. The van der Waals surface area contributed by atoms with E-state index in [2.05, 4.69) is 9.88 Å². The lowest BCUT2D eigenvalue weighted by Gasteiger charge is -2.37. The minimum absolute atomic E-state index is 0.0301. The molecule has 0 unspecified atom stereocenters. The Morgan fingerprint density at radius 3 is 2.72 bits per heavy atom. The summed E-state index contributed by atoms with van der Waals surface area (Å²) in [5.74, 6) is 0.466. The molecular formula is C19H23FN4O3S2. The lowest BCUT2D eigenvalue weighted by Crippen LogP contribution is -2.52. The molecule has 156 valence electrons. The molecule has 1 atom stereocenters. The summed E-state index contributed by atoms with van der Waals surface area (Å²) in [6.45, 7) is 2.62. The number of sulfone groups is 1. The van der Waals surface area contributed by atoms with E-state index in [1.165, 1.54) is 23.9 Å². The molecule has 3 heterocycles. The summed E-state index contributed by atoms with van der Waals surface area (Å²) in [5, 5.41) is 0.638. The monoisotopic (exact) mass is 438 g/mol. The van der Waals surface area contributed by atoms with Crippen molar-refractivity contribution >= 4 is 27.5 Å². The number of aromatic nitrogens is 2. The van der Waals surface area contributed by atoms with Crippen LogP contribution >= 0.6 is 11.8 Å². The Labute approximate surface area is 173 Å². The standard InChI is InChI=1S/C19H23FN4O3S2/c20-15-2-1-3-16(12-15)24-6-5-21-19(24)28-13-18(25)23-9-7-22(8-10-23)17-4-11-29(26,27)14-17/h1-3,5-6,12,17H,4,7-11,13-14H2/t17-/m1/s1. The molecule has 2 aromatic rings. The van der Waals surface area contributed by atoms with E-state index in [4.69, 9.17) is 0 Å². The smallest absolute Gasteiger partial charge is 0.233 e. The number of carbonyl (C=O) groups excluding carboxylic acids is 1. The van der Waals surface area contributed by atoms with Crippen LogP contribution in [0.5, 0.6) is 0 Å². The number of amides is 1. The van der Waals surface area contributed by atoms with Crippen molar-refractivity contribution in [1.82, 2.24) is 19.4 Å². The molecule has 0 spiro atoms. The van der Waals surface area contributed by atoms with E-state index in [0.717, 1.165) is 0 Å². The van der Waals surface area contributed by atoms with Gasteiger partial charge in [0.25, 0.3) is 0 Å². The molecule has 10 heteroatoms. The van der Waals surface area contributed by atoms with Crippen LogP contribution in [0.15, 0.2) is 41.8 Å². The zero-order valence-electron chi connectivity index (χ0n) is 15.9. The molecule has 0 saturated carbocycles. The predicted octanol–water partition coefficient (Wildman–Crippen LogP) is 1.43. The average molecular weight is 439 g/mol. The van der Waals surface area contributed by atoms with E-state index in [1.807, 2.05) is 4.90 Å². The van der Waals surface area contributed by atoms with Crippen molar-refractivity contribution in [1.29, 1.82) is 0 Å². The topological polar surface area (TPSA) is 75.5 Å². The second-order valence-corrected chi connectivity index (χ2v) is 10.5. The van der Waals surface area contributed by atoms with Crippen molar-refractivity contribution < 1.29 is 17.6 Å². The van der Waals surface area contributed by atoms with E-state index < -0.39 is 9.84 Å². The lowest BCUT2D eigenvalue weighted by molar-refractivity contribution is -0.130. The molecule has 1 aromatic carbocycles. The Morgan fingerprint density at radius 2 is 2.03 bits per heavy atom. The van der Waals surface area contributed by atoms with E-state index in [0.29, 0.717) is 43.4 Å². The zero-order valence-corrected chi connectivity index (χ0v) is 17.5. The number of thioether (sulfide) groups is 1. The SMILES string of the molecule is O=C(CSc1nccn1-c1cccc(F)c1)N1CCN([C@@H]2CCS(=O)(=O)C2)CC1. The van der Waals surface area contributed by atoms with Gasteiger partial charge in [0.15, 0.2) is 15.0 Å². The highest BCUT2D eigenvalue weighted by Gasteiger charge is 2.34. The third-order valence-electron chi connectivity index (χ3n) is 5.41. The van der Waals surface area contributed by atoms with Crippen molar-refractivity contribution in [3.05, 3.63) is 42.5 Å². The highest BCUT2D eigenvalue weighted by molar-refractivity contribution is 7.99. The number of hydrogen-bond acceptors (Lipinski definition) is 6. The van der Waals surface area contributed by atoms with Gasteiger partial charge in [-0.3, -0.25) is 14.3 Å². The summed E-state index contributed by atoms with van der Waals surface area (Å²) >= 11 is 1.33. The molecule has 7 nitrogen and oxygen atoms in total. The zero-order chi connectivity index (χ0) is 20.4. The van der Waals surface area contributed by atoms with Gasteiger partial charge in [0.2, 0.25) is 5.91 Å². The van der Waals surface area contributed by atoms with Gasteiger partial charge in [-0.2, -0.15) is 0 Å². The molecule has 2 saturated heterocycles. The van der Waals surface area contributed by atoms with Crippen LogP contribution in [0.4, 0.5) is 4.39 Å². The molecule has 4 rings (SSSR count). The van der Waals surface area contributed by atoms with Crippen molar-refractivity contribution in [3.63, 3.8) is 0 Å². The molecule has 2 fully saturated rings. The number of benzene rings is 1.